The van der Waals surface area contributed by atoms with E-state index in [1.54, 1.807) is 84.9 Å². The Morgan fingerprint density at radius 2 is 0.976 bits per heavy atom. The van der Waals surface area contributed by atoms with Gasteiger partial charge in [-0.1, -0.05) is 52.3 Å². The van der Waals surface area contributed by atoms with Crippen molar-refractivity contribution in [2.45, 2.75) is 6.54 Å². The molecular weight excluding hydrogens is 588 g/mol. The van der Waals surface area contributed by atoms with Crippen molar-refractivity contribution in [3.8, 4) is 35.1 Å². The summed E-state index contributed by atoms with van der Waals surface area (Å²) in [5.74, 6) is 0.721. The van der Waals surface area contributed by atoms with E-state index in [1.807, 2.05) is 36.4 Å². The molecule has 0 aromatic heterocycles. The van der Waals surface area contributed by atoms with E-state index >= 15 is 0 Å². The van der Waals surface area contributed by atoms with E-state index in [0.29, 0.717) is 29.2 Å². The molecule has 0 aliphatic carbocycles. The minimum absolute atomic E-state index is 0.173. The third-order valence-corrected chi connectivity index (χ3v) is 5.77. The van der Waals surface area contributed by atoms with Crippen LogP contribution in [-0.2, 0) is 6.54 Å². The highest BCUT2D eigenvalue weighted by Crippen LogP contribution is 2.25. The summed E-state index contributed by atoms with van der Waals surface area (Å²) < 4.78 is 38.2. The van der Waals surface area contributed by atoms with E-state index in [2.05, 4.69) is 15.9 Å². The Morgan fingerprint density at radius 1 is 0.585 bits per heavy atom. The fourth-order valence-electron chi connectivity index (χ4n) is 3.12. The van der Waals surface area contributed by atoms with Gasteiger partial charge in [0.1, 0.15) is 11.5 Å². The molecule has 5 nitrogen and oxygen atoms in total. The van der Waals surface area contributed by atoms with E-state index in [0.717, 1.165) is 10.0 Å². The molecule has 2 N–H and O–H groups in total. The molecule has 0 spiro atoms. The predicted octanol–water partition coefficient (Wildman–Crippen LogP) is 8.89. The Hall–Kier alpha value is -5.02. The molecule has 5 aromatic carbocycles. The Labute approximate surface area is 245 Å². The van der Waals surface area contributed by atoms with Gasteiger partial charge in [0.05, 0.1) is 23.3 Å². The average Bonchev–Trinajstić information content (AvgIpc) is 3.01. The summed E-state index contributed by atoms with van der Waals surface area (Å²) in [5.41, 5.74) is 7.73. The summed E-state index contributed by atoms with van der Waals surface area (Å²) in [5, 5.41) is 17.0. The van der Waals surface area contributed by atoms with Gasteiger partial charge in [-0.3, -0.25) is 0 Å². The molecule has 5 aromatic rings. The first-order valence-corrected chi connectivity index (χ1v) is 13.0. The highest BCUT2D eigenvalue weighted by molar-refractivity contribution is 9.10. The first-order valence-electron chi connectivity index (χ1n) is 12.2. The first kappa shape index (κ1) is 30.5. The van der Waals surface area contributed by atoms with Gasteiger partial charge < -0.3 is 15.2 Å². The molecule has 0 aliphatic rings. The van der Waals surface area contributed by atoms with Crippen LogP contribution in [0.2, 0.25) is 0 Å². The smallest absolute Gasteiger partial charge is 0.165 e. The van der Waals surface area contributed by atoms with Crippen molar-refractivity contribution in [3.63, 3.8) is 0 Å². The van der Waals surface area contributed by atoms with E-state index in [1.165, 1.54) is 12.1 Å². The number of hydrogen-bond acceptors (Lipinski definition) is 5. The summed E-state index contributed by atoms with van der Waals surface area (Å²) >= 11 is 3.27. The lowest BCUT2D eigenvalue weighted by Crippen LogP contribution is -1.95. The third kappa shape index (κ3) is 10.2. The maximum Gasteiger partial charge on any atom is 0.165 e. The van der Waals surface area contributed by atoms with Crippen molar-refractivity contribution in [2.24, 2.45) is 5.73 Å². The Bertz CT molecular complexity index is 1610. The lowest BCUT2D eigenvalue weighted by atomic mass is 10.2. The molecule has 0 heterocycles. The molecule has 0 fully saturated rings. The Balaban J connectivity index is 0.000000176. The van der Waals surface area contributed by atoms with Crippen LogP contribution in [0.4, 0.5) is 8.78 Å². The second kappa shape index (κ2) is 16.2. The molecule has 204 valence electrons. The van der Waals surface area contributed by atoms with Gasteiger partial charge in [-0.25, -0.2) is 8.78 Å². The summed E-state index contributed by atoms with van der Waals surface area (Å²) in [6, 6.07) is 37.5. The molecule has 0 saturated carbocycles. The number of rotatable bonds is 5. The van der Waals surface area contributed by atoms with Crippen LogP contribution in [-0.4, -0.2) is 0 Å². The average molecular weight is 612 g/mol. The fourth-order valence-corrected chi connectivity index (χ4v) is 3.39. The van der Waals surface area contributed by atoms with Crippen LogP contribution >= 0.6 is 15.9 Å². The number of hydrogen-bond donors (Lipinski definition) is 1. The van der Waals surface area contributed by atoms with E-state index in [4.69, 9.17) is 25.7 Å². The second-order valence-corrected chi connectivity index (χ2v) is 9.08. The lowest BCUT2D eigenvalue weighted by Gasteiger charge is -2.06. The van der Waals surface area contributed by atoms with Crippen molar-refractivity contribution in [3.05, 3.63) is 154 Å². The van der Waals surface area contributed by atoms with Crippen LogP contribution in [0.1, 0.15) is 16.7 Å². The quantitative estimate of drug-likeness (QED) is 0.214. The maximum atomic E-state index is 13.3. The van der Waals surface area contributed by atoms with Crippen LogP contribution in [0, 0.1) is 34.3 Å². The van der Waals surface area contributed by atoms with Crippen molar-refractivity contribution in [1.82, 2.24) is 0 Å². The first-order chi connectivity index (χ1) is 19.9. The van der Waals surface area contributed by atoms with E-state index in [9.17, 15) is 8.78 Å². The zero-order valence-electron chi connectivity index (χ0n) is 21.7. The van der Waals surface area contributed by atoms with Gasteiger partial charge >= 0.3 is 0 Å². The maximum absolute atomic E-state index is 13.3. The Kier molecular flexibility index (Phi) is 12.0. The van der Waals surface area contributed by atoms with Crippen LogP contribution in [0.5, 0.6) is 23.0 Å². The molecule has 0 bridgehead atoms. The summed E-state index contributed by atoms with van der Waals surface area (Å²) in [7, 11) is 0. The molecule has 0 saturated heterocycles. The number of nitrogens with two attached hydrogens (primary N) is 1. The summed E-state index contributed by atoms with van der Waals surface area (Å²) in [4.78, 5) is 0. The predicted molar refractivity (Wildman–Crippen MR) is 157 cm³/mol. The molecule has 8 heteroatoms. The van der Waals surface area contributed by atoms with Crippen molar-refractivity contribution < 1.29 is 18.3 Å². The Morgan fingerprint density at radius 3 is 1.37 bits per heavy atom. The number of nitrogens with zero attached hydrogens (tertiary/aromatic N) is 2. The molecule has 0 unspecified atom stereocenters. The zero-order valence-corrected chi connectivity index (χ0v) is 23.3. The second-order valence-electron chi connectivity index (χ2n) is 8.17. The van der Waals surface area contributed by atoms with Gasteiger partial charge in [0.15, 0.2) is 23.1 Å². The lowest BCUT2D eigenvalue weighted by molar-refractivity contribution is 0.442. The largest absolute Gasteiger partial charge is 0.454 e. The minimum atomic E-state index is -0.410. The topological polar surface area (TPSA) is 92.1 Å². The highest BCUT2D eigenvalue weighted by Gasteiger charge is 2.04. The normalized spacial score (nSPS) is 9.51. The van der Waals surface area contributed by atoms with Gasteiger partial charge in [0.2, 0.25) is 0 Å². The highest BCUT2D eigenvalue weighted by atomic mass is 79.9. The monoisotopic (exact) mass is 611 g/mol. The fraction of sp³-hybridized carbons (Fsp3) is 0.0303. The molecule has 0 atom stereocenters. The van der Waals surface area contributed by atoms with E-state index < -0.39 is 5.82 Å². The number of halogens is 3. The van der Waals surface area contributed by atoms with Crippen LogP contribution in [0.25, 0.3) is 0 Å². The molecule has 41 heavy (non-hydrogen) atoms. The van der Waals surface area contributed by atoms with Gasteiger partial charge in [-0.2, -0.15) is 10.5 Å². The number of benzene rings is 5. The van der Waals surface area contributed by atoms with Crippen LogP contribution in [0.15, 0.2) is 126 Å². The number of ether oxygens (including phenoxy) is 2. The third-order valence-electron chi connectivity index (χ3n) is 5.24. The molecule has 0 aliphatic heterocycles. The standard InChI is InChI=1S/C13H12FNO.C13H8FNO.C7H4BrN/c2*14-12-3-1-2-4-13(12)16-11-7-5-10(9-15)6-8-11;8-7-3-1-6(5-9)2-4-7/h1-8H,9,15H2;1-8H;1-4H. The van der Waals surface area contributed by atoms with Crippen molar-refractivity contribution >= 4 is 15.9 Å². The molecular formula is C33H24BrF2N3O2. The summed E-state index contributed by atoms with van der Waals surface area (Å²) in [6.07, 6.45) is 0. The zero-order chi connectivity index (χ0) is 29.5. The minimum Gasteiger partial charge on any atom is -0.454 e. The van der Waals surface area contributed by atoms with Gasteiger partial charge in [0, 0.05) is 11.0 Å². The number of para-hydroxylation sites is 2. The van der Waals surface area contributed by atoms with E-state index in [-0.39, 0.29) is 17.3 Å². The van der Waals surface area contributed by atoms with Crippen molar-refractivity contribution in [1.29, 1.82) is 10.5 Å². The molecule has 5 rings (SSSR count). The van der Waals surface area contributed by atoms with Crippen molar-refractivity contribution in [2.75, 3.05) is 0 Å². The van der Waals surface area contributed by atoms with Crippen LogP contribution in [0.3, 0.4) is 0 Å². The molecule has 0 amide bonds. The molecule has 0 radical (unpaired) electrons. The van der Waals surface area contributed by atoms with Gasteiger partial charge in [-0.15, -0.1) is 0 Å². The van der Waals surface area contributed by atoms with Crippen LogP contribution < -0.4 is 15.2 Å². The SMILES string of the molecule is N#Cc1ccc(Br)cc1.N#Cc1ccc(Oc2ccccc2F)cc1.NCc1ccc(Oc2ccccc2F)cc1. The van der Waals surface area contributed by atoms with Gasteiger partial charge in [0.25, 0.3) is 0 Å². The number of nitriles is 2. The van der Waals surface area contributed by atoms with Gasteiger partial charge in [-0.05, 0) is 90.5 Å². The summed E-state index contributed by atoms with van der Waals surface area (Å²) in [6.45, 7) is 0.486.